The number of nitrogens with zero attached hydrogens (tertiary/aromatic N) is 1. The quantitative estimate of drug-likeness (QED) is 0.643. The molecule has 2 atom stereocenters. The summed E-state index contributed by atoms with van der Waals surface area (Å²) in [5.41, 5.74) is 10.8. The fraction of sp³-hybridized carbons (Fsp3) is 0.778. The van der Waals surface area contributed by atoms with Crippen LogP contribution in [0.15, 0.2) is 0 Å². The van der Waals surface area contributed by atoms with Crippen LogP contribution in [0, 0.1) is 5.92 Å². The lowest BCUT2D eigenvalue weighted by Crippen LogP contribution is -2.49. The summed E-state index contributed by atoms with van der Waals surface area (Å²) >= 11 is 4.96. The monoisotopic (exact) mass is 215 g/mol. The molecule has 4 nitrogen and oxygen atoms in total. The second-order valence-corrected chi connectivity index (χ2v) is 4.29. The molecule has 1 aliphatic rings. The van der Waals surface area contributed by atoms with E-state index in [9.17, 15) is 4.79 Å². The van der Waals surface area contributed by atoms with E-state index in [0.29, 0.717) is 4.99 Å². The van der Waals surface area contributed by atoms with Gasteiger partial charge in [-0.25, -0.2) is 0 Å². The Bertz CT molecular complexity index is 232. The van der Waals surface area contributed by atoms with Gasteiger partial charge in [0, 0.05) is 12.5 Å². The minimum absolute atomic E-state index is 0.216. The summed E-state index contributed by atoms with van der Waals surface area (Å²) in [4.78, 5) is 13.6. The average molecular weight is 215 g/mol. The molecule has 0 aromatic rings. The van der Waals surface area contributed by atoms with Gasteiger partial charge in [-0.3, -0.25) is 9.69 Å². The lowest BCUT2D eigenvalue weighted by Gasteiger charge is -2.34. The van der Waals surface area contributed by atoms with Gasteiger partial charge >= 0.3 is 0 Å². The summed E-state index contributed by atoms with van der Waals surface area (Å²) in [6.07, 6.45) is 2.05. The van der Waals surface area contributed by atoms with Crippen LogP contribution in [-0.2, 0) is 4.79 Å². The van der Waals surface area contributed by atoms with Gasteiger partial charge in [0.15, 0.2) is 0 Å². The molecule has 1 amide bonds. The van der Waals surface area contributed by atoms with Crippen molar-refractivity contribution in [1.82, 2.24) is 4.90 Å². The van der Waals surface area contributed by atoms with Crippen LogP contribution in [0.4, 0.5) is 0 Å². The van der Waals surface area contributed by atoms with Crippen LogP contribution in [0.25, 0.3) is 0 Å². The zero-order valence-electron chi connectivity index (χ0n) is 8.40. The highest BCUT2D eigenvalue weighted by molar-refractivity contribution is 7.80. The SMILES string of the molecule is CC(C(N)=O)N1CCCC(C(N)=S)C1. The molecule has 4 N–H and O–H groups in total. The van der Waals surface area contributed by atoms with Crippen molar-refractivity contribution in [2.24, 2.45) is 17.4 Å². The molecule has 0 bridgehead atoms. The van der Waals surface area contributed by atoms with Crippen molar-refractivity contribution in [1.29, 1.82) is 0 Å². The van der Waals surface area contributed by atoms with Crippen LogP contribution < -0.4 is 11.5 Å². The van der Waals surface area contributed by atoms with Crippen LogP contribution >= 0.6 is 12.2 Å². The molecule has 1 rings (SSSR count). The van der Waals surface area contributed by atoms with E-state index in [2.05, 4.69) is 4.90 Å². The average Bonchev–Trinajstić information content (AvgIpc) is 2.16. The number of carbonyl (C=O) groups is 1. The fourth-order valence-corrected chi connectivity index (χ4v) is 1.96. The highest BCUT2D eigenvalue weighted by Gasteiger charge is 2.27. The van der Waals surface area contributed by atoms with E-state index >= 15 is 0 Å². The molecule has 1 heterocycles. The molecule has 0 radical (unpaired) electrons. The molecule has 80 valence electrons. The van der Waals surface area contributed by atoms with Crippen molar-refractivity contribution in [3.05, 3.63) is 0 Å². The van der Waals surface area contributed by atoms with Crippen LogP contribution in [0.3, 0.4) is 0 Å². The Morgan fingerprint density at radius 1 is 1.57 bits per heavy atom. The van der Waals surface area contributed by atoms with Gasteiger partial charge in [-0.15, -0.1) is 0 Å². The minimum atomic E-state index is -0.284. The van der Waals surface area contributed by atoms with Gasteiger partial charge in [0.2, 0.25) is 5.91 Å². The molecule has 1 fully saturated rings. The maximum absolute atomic E-state index is 11.0. The van der Waals surface area contributed by atoms with Crippen LogP contribution in [0.1, 0.15) is 19.8 Å². The Morgan fingerprint density at radius 3 is 2.71 bits per heavy atom. The van der Waals surface area contributed by atoms with Gasteiger partial charge in [0.25, 0.3) is 0 Å². The third kappa shape index (κ3) is 2.65. The van der Waals surface area contributed by atoms with E-state index in [0.717, 1.165) is 25.9 Å². The molecular weight excluding hydrogens is 198 g/mol. The number of thiocarbonyl (C=S) groups is 1. The Balaban J connectivity index is 2.55. The smallest absolute Gasteiger partial charge is 0.234 e. The van der Waals surface area contributed by atoms with Gasteiger partial charge in [-0.05, 0) is 26.3 Å². The topological polar surface area (TPSA) is 72.4 Å². The van der Waals surface area contributed by atoms with Crippen molar-refractivity contribution in [3.8, 4) is 0 Å². The lowest BCUT2D eigenvalue weighted by atomic mass is 9.97. The van der Waals surface area contributed by atoms with Crippen LogP contribution in [-0.4, -0.2) is 34.9 Å². The molecule has 2 unspecified atom stereocenters. The fourth-order valence-electron chi connectivity index (χ4n) is 1.77. The summed E-state index contributed by atoms with van der Waals surface area (Å²) in [5.74, 6) is -0.0471. The first-order chi connectivity index (χ1) is 6.52. The van der Waals surface area contributed by atoms with Crippen molar-refractivity contribution in [3.63, 3.8) is 0 Å². The third-order valence-corrected chi connectivity index (χ3v) is 3.15. The Hall–Kier alpha value is -0.680. The summed E-state index contributed by atoms with van der Waals surface area (Å²) in [6, 6.07) is -0.216. The van der Waals surface area contributed by atoms with Crippen molar-refractivity contribution in [2.75, 3.05) is 13.1 Å². The number of likely N-dealkylation sites (tertiary alicyclic amines) is 1. The molecule has 0 aromatic carbocycles. The van der Waals surface area contributed by atoms with Gasteiger partial charge in [0.1, 0.15) is 0 Å². The second kappa shape index (κ2) is 4.70. The number of rotatable bonds is 3. The summed E-state index contributed by atoms with van der Waals surface area (Å²) in [5, 5.41) is 0. The first-order valence-electron chi connectivity index (χ1n) is 4.85. The zero-order chi connectivity index (χ0) is 10.7. The highest BCUT2D eigenvalue weighted by Crippen LogP contribution is 2.18. The molecule has 0 spiro atoms. The Morgan fingerprint density at radius 2 is 2.21 bits per heavy atom. The highest BCUT2D eigenvalue weighted by atomic mass is 32.1. The summed E-state index contributed by atoms with van der Waals surface area (Å²) < 4.78 is 0. The zero-order valence-corrected chi connectivity index (χ0v) is 9.22. The number of hydrogen-bond donors (Lipinski definition) is 2. The van der Waals surface area contributed by atoms with E-state index < -0.39 is 0 Å². The molecule has 0 aliphatic carbocycles. The summed E-state index contributed by atoms with van der Waals surface area (Å²) in [6.45, 7) is 3.49. The number of hydrogen-bond acceptors (Lipinski definition) is 3. The first-order valence-corrected chi connectivity index (χ1v) is 5.26. The van der Waals surface area contributed by atoms with Gasteiger partial charge < -0.3 is 11.5 Å². The van der Waals surface area contributed by atoms with Crippen molar-refractivity contribution >= 4 is 23.1 Å². The largest absolute Gasteiger partial charge is 0.393 e. The third-order valence-electron chi connectivity index (χ3n) is 2.81. The number of primary amides is 1. The second-order valence-electron chi connectivity index (χ2n) is 3.81. The minimum Gasteiger partial charge on any atom is -0.393 e. The maximum atomic E-state index is 11.0. The number of carbonyl (C=O) groups excluding carboxylic acids is 1. The first kappa shape index (κ1) is 11.4. The van der Waals surface area contributed by atoms with Gasteiger partial charge in [0.05, 0.1) is 11.0 Å². The van der Waals surface area contributed by atoms with E-state index in [4.69, 9.17) is 23.7 Å². The molecule has 0 aromatic heterocycles. The van der Waals surface area contributed by atoms with E-state index in [1.165, 1.54) is 0 Å². The molecule has 5 heteroatoms. The number of amides is 1. The van der Waals surface area contributed by atoms with Gasteiger partial charge in [-0.1, -0.05) is 12.2 Å². The summed E-state index contributed by atoms with van der Waals surface area (Å²) in [7, 11) is 0. The predicted octanol–water partition coefficient (Wildman–Crippen LogP) is -0.142. The van der Waals surface area contributed by atoms with E-state index in [1.807, 2.05) is 6.92 Å². The molecule has 0 saturated carbocycles. The van der Waals surface area contributed by atoms with E-state index in [-0.39, 0.29) is 17.9 Å². The normalized spacial score (nSPS) is 25.6. The molecule has 1 aliphatic heterocycles. The van der Waals surface area contributed by atoms with Crippen molar-refractivity contribution in [2.45, 2.75) is 25.8 Å². The standard InChI is InChI=1S/C9H17N3OS/c1-6(8(10)13)12-4-2-3-7(5-12)9(11)14/h6-7H,2-5H2,1H3,(H2,10,13)(H2,11,14). The molecule has 14 heavy (non-hydrogen) atoms. The van der Waals surface area contributed by atoms with Crippen LogP contribution in [0.2, 0.25) is 0 Å². The van der Waals surface area contributed by atoms with E-state index in [1.54, 1.807) is 0 Å². The van der Waals surface area contributed by atoms with Gasteiger partial charge in [-0.2, -0.15) is 0 Å². The molecule has 1 saturated heterocycles. The number of nitrogens with two attached hydrogens (primary N) is 2. The van der Waals surface area contributed by atoms with Crippen LogP contribution in [0.5, 0.6) is 0 Å². The maximum Gasteiger partial charge on any atom is 0.234 e. The van der Waals surface area contributed by atoms with Crippen molar-refractivity contribution < 1.29 is 4.79 Å². The Kier molecular flexibility index (Phi) is 3.83. The number of piperidine rings is 1. The lowest BCUT2D eigenvalue weighted by molar-refractivity contribution is -0.123. The Labute approximate surface area is 89.6 Å². The molecular formula is C9H17N3OS. The predicted molar refractivity (Wildman–Crippen MR) is 59.7 cm³/mol.